The van der Waals surface area contributed by atoms with Crippen LogP contribution in [-0.2, 0) is 4.79 Å². The van der Waals surface area contributed by atoms with E-state index < -0.39 is 0 Å². The highest BCUT2D eigenvalue weighted by atomic mass is 79.9. The summed E-state index contributed by atoms with van der Waals surface area (Å²) in [4.78, 5) is 26.0. The highest BCUT2D eigenvalue weighted by Crippen LogP contribution is 2.12. The van der Waals surface area contributed by atoms with Crippen molar-refractivity contribution in [2.24, 2.45) is 5.73 Å². The van der Waals surface area contributed by atoms with Crippen LogP contribution in [0.2, 0.25) is 0 Å². The number of pyridine rings is 1. The van der Waals surface area contributed by atoms with E-state index in [0.29, 0.717) is 23.1 Å². The summed E-state index contributed by atoms with van der Waals surface area (Å²) < 4.78 is 0.641. The van der Waals surface area contributed by atoms with Crippen molar-refractivity contribution >= 4 is 27.7 Å². The number of nitrogens with one attached hydrogen (secondary N) is 1. The largest absolute Gasteiger partial charge is 0.370 e. The van der Waals surface area contributed by atoms with E-state index in [9.17, 15) is 9.59 Å². The third-order valence-electron chi connectivity index (χ3n) is 1.86. The Balaban J connectivity index is 2.41. The molecular weight excluding hydrogens is 274 g/mol. The summed E-state index contributed by atoms with van der Waals surface area (Å²) in [5, 5.41) is 2.66. The van der Waals surface area contributed by atoms with Gasteiger partial charge in [0.25, 0.3) is 5.91 Å². The molecule has 1 rings (SSSR count). The number of amides is 2. The third-order valence-corrected chi connectivity index (χ3v) is 2.50. The first kappa shape index (κ1) is 12.6. The molecule has 0 radical (unpaired) electrons. The van der Waals surface area contributed by atoms with Gasteiger partial charge in [-0.1, -0.05) is 0 Å². The summed E-state index contributed by atoms with van der Waals surface area (Å²) >= 11 is 3.23. The Morgan fingerprint density at radius 3 is 2.88 bits per heavy atom. The molecule has 0 fully saturated rings. The number of hydrogen-bond donors (Lipinski definition) is 2. The quantitative estimate of drug-likeness (QED) is 0.786. The highest BCUT2D eigenvalue weighted by molar-refractivity contribution is 9.10. The van der Waals surface area contributed by atoms with Crippen molar-refractivity contribution in [2.45, 2.75) is 12.8 Å². The second kappa shape index (κ2) is 6.22. The first-order valence-corrected chi connectivity index (χ1v) is 5.57. The van der Waals surface area contributed by atoms with E-state index in [1.54, 1.807) is 18.3 Å². The van der Waals surface area contributed by atoms with Crippen LogP contribution in [0.4, 0.5) is 0 Å². The van der Waals surface area contributed by atoms with E-state index in [0.717, 1.165) is 0 Å². The topological polar surface area (TPSA) is 85.1 Å². The molecule has 1 aromatic heterocycles. The van der Waals surface area contributed by atoms with Crippen LogP contribution in [0.3, 0.4) is 0 Å². The summed E-state index contributed by atoms with van der Waals surface area (Å²) in [5.41, 5.74) is 5.31. The van der Waals surface area contributed by atoms with Gasteiger partial charge in [0, 0.05) is 23.6 Å². The molecule has 16 heavy (non-hydrogen) atoms. The molecule has 6 heteroatoms. The lowest BCUT2D eigenvalue weighted by Crippen LogP contribution is -2.26. The minimum Gasteiger partial charge on any atom is -0.370 e. The molecule has 3 N–H and O–H groups in total. The lowest BCUT2D eigenvalue weighted by atomic mass is 10.3. The van der Waals surface area contributed by atoms with Crippen LogP contribution in [0, 0.1) is 0 Å². The zero-order valence-electron chi connectivity index (χ0n) is 8.57. The van der Waals surface area contributed by atoms with Gasteiger partial charge in [-0.25, -0.2) is 4.98 Å². The number of carbonyl (C=O) groups is 2. The minimum atomic E-state index is -0.367. The number of rotatable bonds is 5. The summed E-state index contributed by atoms with van der Waals surface area (Å²) in [6, 6.07) is 3.47. The van der Waals surface area contributed by atoms with E-state index in [1.165, 1.54) is 0 Å². The van der Waals surface area contributed by atoms with Crippen molar-refractivity contribution in [3.8, 4) is 0 Å². The Labute approximate surface area is 102 Å². The lowest BCUT2D eigenvalue weighted by Gasteiger charge is -2.04. The fraction of sp³-hybridized carbons (Fsp3) is 0.300. The second-order valence-corrected chi connectivity index (χ2v) is 4.01. The molecule has 0 saturated heterocycles. The van der Waals surface area contributed by atoms with Gasteiger partial charge in [0.05, 0.1) is 0 Å². The van der Waals surface area contributed by atoms with Crippen molar-refractivity contribution < 1.29 is 9.59 Å². The van der Waals surface area contributed by atoms with Crippen molar-refractivity contribution in [2.75, 3.05) is 6.54 Å². The van der Waals surface area contributed by atoms with E-state index in [4.69, 9.17) is 5.73 Å². The maximum atomic E-state index is 11.6. The average molecular weight is 286 g/mol. The van der Waals surface area contributed by atoms with Gasteiger partial charge in [0.15, 0.2) is 0 Å². The van der Waals surface area contributed by atoms with Gasteiger partial charge in [-0.3, -0.25) is 9.59 Å². The summed E-state index contributed by atoms with van der Waals surface area (Å²) in [7, 11) is 0. The van der Waals surface area contributed by atoms with Gasteiger partial charge in [0.2, 0.25) is 5.91 Å². The van der Waals surface area contributed by atoms with Crippen LogP contribution in [-0.4, -0.2) is 23.3 Å². The summed E-state index contributed by atoms with van der Waals surface area (Å²) in [6.07, 6.45) is 2.35. The molecule has 2 amide bonds. The SMILES string of the molecule is NC(=O)CCCNC(=O)c1ncccc1Br. The van der Waals surface area contributed by atoms with E-state index in [2.05, 4.69) is 26.2 Å². The van der Waals surface area contributed by atoms with E-state index in [1.807, 2.05) is 0 Å². The maximum Gasteiger partial charge on any atom is 0.271 e. The van der Waals surface area contributed by atoms with Crippen LogP contribution >= 0.6 is 15.9 Å². The average Bonchev–Trinajstić information content (AvgIpc) is 2.24. The fourth-order valence-electron chi connectivity index (χ4n) is 1.10. The number of aromatic nitrogens is 1. The van der Waals surface area contributed by atoms with Gasteiger partial charge in [-0.2, -0.15) is 0 Å². The molecule has 0 unspecified atom stereocenters. The Kier molecular flexibility index (Phi) is 4.91. The molecule has 0 atom stereocenters. The molecule has 1 heterocycles. The summed E-state index contributed by atoms with van der Waals surface area (Å²) in [6.45, 7) is 0.408. The molecular formula is C10H12BrN3O2. The van der Waals surface area contributed by atoms with Crippen molar-refractivity contribution in [3.05, 3.63) is 28.5 Å². The van der Waals surface area contributed by atoms with E-state index in [-0.39, 0.29) is 18.2 Å². The standard InChI is InChI=1S/C10H12BrN3O2/c11-7-3-1-5-13-9(7)10(16)14-6-2-4-8(12)15/h1,3,5H,2,4,6H2,(H2,12,15)(H,14,16). The minimum absolute atomic E-state index is 0.267. The monoisotopic (exact) mass is 285 g/mol. The first-order valence-electron chi connectivity index (χ1n) is 4.78. The van der Waals surface area contributed by atoms with Crippen molar-refractivity contribution in [1.29, 1.82) is 0 Å². The molecule has 0 aliphatic carbocycles. The molecule has 0 aliphatic heterocycles. The number of halogens is 1. The number of primary amides is 1. The predicted octanol–water partition coefficient (Wildman–Crippen LogP) is 0.839. The molecule has 0 aliphatic rings. The van der Waals surface area contributed by atoms with Gasteiger partial charge in [-0.05, 0) is 34.5 Å². The second-order valence-electron chi connectivity index (χ2n) is 3.16. The summed E-state index contributed by atoms with van der Waals surface area (Å²) in [5.74, 6) is -0.634. The normalized spacial score (nSPS) is 9.81. The third kappa shape index (κ3) is 3.98. The Hall–Kier alpha value is -1.43. The first-order chi connectivity index (χ1) is 7.61. The fourth-order valence-corrected chi connectivity index (χ4v) is 1.54. The molecule has 5 nitrogen and oxygen atoms in total. The lowest BCUT2D eigenvalue weighted by molar-refractivity contribution is -0.118. The van der Waals surface area contributed by atoms with Crippen LogP contribution in [0.25, 0.3) is 0 Å². The van der Waals surface area contributed by atoms with Crippen LogP contribution in [0.5, 0.6) is 0 Å². The molecule has 86 valence electrons. The Bertz CT molecular complexity index is 395. The van der Waals surface area contributed by atoms with Gasteiger partial charge in [-0.15, -0.1) is 0 Å². The molecule has 0 bridgehead atoms. The predicted molar refractivity (Wildman–Crippen MR) is 62.7 cm³/mol. The van der Waals surface area contributed by atoms with Crippen LogP contribution < -0.4 is 11.1 Å². The zero-order chi connectivity index (χ0) is 12.0. The number of nitrogens with two attached hydrogens (primary N) is 1. The highest BCUT2D eigenvalue weighted by Gasteiger charge is 2.09. The van der Waals surface area contributed by atoms with Gasteiger partial charge >= 0.3 is 0 Å². The van der Waals surface area contributed by atoms with Gasteiger partial charge < -0.3 is 11.1 Å². The van der Waals surface area contributed by atoms with E-state index >= 15 is 0 Å². The molecule has 0 spiro atoms. The van der Waals surface area contributed by atoms with Crippen molar-refractivity contribution in [1.82, 2.24) is 10.3 Å². The Morgan fingerprint density at radius 1 is 1.50 bits per heavy atom. The van der Waals surface area contributed by atoms with Gasteiger partial charge in [0.1, 0.15) is 5.69 Å². The molecule has 0 saturated carbocycles. The zero-order valence-corrected chi connectivity index (χ0v) is 10.2. The number of nitrogens with zero attached hydrogens (tertiary/aromatic N) is 1. The van der Waals surface area contributed by atoms with Crippen LogP contribution in [0.1, 0.15) is 23.3 Å². The molecule has 1 aromatic rings. The Morgan fingerprint density at radius 2 is 2.25 bits per heavy atom. The van der Waals surface area contributed by atoms with Crippen LogP contribution in [0.15, 0.2) is 22.8 Å². The maximum absolute atomic E-state index is 11.6. The smallest absolute Gasteiger partial charge is 0.271 e. The number of carbonyl (C=O) groups excluding carboxylic acids is 2. The number of hydrogen-bond acceptors (Lipinski definition) is 3. The van der Waals surface area contributed by atoms with Crippen molar-refractivity contribution in [3.63, 3.8) is 0 Å². The molecule has 0 aromatic carbocycles.